The normalized spacial score (nSPS) is 11.1. The standard InChI is InChI=1S/C11H14Cl2N2O2/c1-11(2,10(16)15-14)6-17-9-4-3-7(12)5-8(9)13/h3-5H,6,14H2,1-2H3,(H,15,16). The van der Waals surface area contributed by atoms with E-state index in [4.69, 9.17) is 33.8 Å². The fourth-order valence-corrected chi connectivity index (χ4v) is 1.57. The smallest absolute Gasteiger partial charge is 0.242 e. The van der Waals surface area contributed by atoms with Crippen LogP contribution in [0, 0.1) is 5.41 Å². The number of hydrogen-bond acceptors (Lipinski definition) is 3. The number of carbonyl (C=O) groups excluding carboxylic acids is 1. The largest absolute Gasteiger partial charge is 0.491 e. The zero-order chi connectivity index (χ0) is 13.1. The molecule has 3 N–H and O–H groups in total. The summed E-state index contributed by atoms with van der Waals surface area (Å²) in [4.78, 5) is 11.4. The van der Waals surface area contributed by atoms with Crippen LogP contribution in [0.1, 0.15) is 13.8 Å². The van der Waals surface area contributed by atoms with E-state index in [9.17, 15) is 4.79 Å². The Hall–Kier alpha value is -0.970. The number of carbonyl (C=O) groups is 1. The second-order valence-electron chi connectivity index (χ2n) is 4.22. The molecule has 0 atom stereocenters. The molecule has 0 saturated heterocycles. The van der Waals surface area contributed by atoms with E-state index >= 15 is 0 Å². The van der Waals surface area contributed by atoms with Crippen molar-refractivity contribution >= 4 is 29.1 Å². The zero-order valence-electron chi connectivity index (χ0n) is 9.59. The van der Waals surface area contributed by atoms with Crippen molar-refractivity contribution in [1.82, 2.24) is 5.43 Å². The first kappa shape index (κ1) is 14.1. The van der Waals surface area contributed by atoms with Gasteiger partial charge in [-0.05, 0) is 32.0 Å². The molecule has 1 aromatic rings. The lowest BCUT2D eigenvalue weighted by molar-refractivity contribution is -0.130. The molecule has 0 aliphatic carbocycles. The highest BCUT2D eigenvalue weighted by molar-refractivity contribution is 6.35. The number of amides is 1. The average molecular weight is 277 g/mol. The number of nitrogens with one attached hydrogen (secondary N) is 1. The lowest BCUT2D eigenvalue weighted by Gasteiger charge is -2.22. The summed E-state index contributed by atoms with van der Waals surface area (Å²) < 4.78 is 5.47. The van der Waals surface area contributed by atoms with Crippen LogP contribution in [0.15, 0.2) is 18.2 Å². The van der Waals surface area contributed by atoms with E-state index in [1.54, 1.807) is 32.0 Å². The molecule has 0 radical (unpaired) electrons. The van der Waals surface area contributed by atoms with Crippen LogP contribution in [0.5, 0.6) is 5.75 Å². The molecular weight excluding hydrogens is 263 g/mol. The third-order valence-corrected chi connectivity index (χ3v) is 2.76. The monoisotopic (exact) mass is 276 g/mol. The van der Waals surface area contributed by atoms with Crippen LogP contribution < -0.4 is 16.0 Å². The van der Waals surface area contributed by atoms with Crippen molar-refractivity contribution < 1.29 is 9.53 Å². The van der Waals surface area contributed by atoms with Crippen LogP contribution in [-0.4, -0.2) is 12.5 Å². The summed E-state index contributed by atoms with van der Waals surface area (Å²) in [5.74, 6) is 5.26. The lowest BCUT2D eigenvalue weighted by Crippen LogP contribution is -2.44. The highest BCUT2D eigenvalue weighted by Crippen LogP contribution is 2.29. The van der Waals surface area contributed by atoms with Crippen molar-refractivity contribution in [3.63, 3.8) is 0 Å². The Morgan fingerprint density at radius 2 is 2.12 bits per heavy atom. The fourth-order valence-electron chi connectivity index (χ4n) is 1.11. The van der Waals surface area contributed by atoms with E-state index in [0.717, 1.165) is 0 Å². The van der Waals surface area contributed by atoms with Gasteiger partial charge in [0.25, 0.3) is 0 Å². The number of benzene rings is 1. The zero-order valence-corrected chi connectivity index (χ0v) is 11.1. The molecule has 6 heteroatoms. The van der Waals surface area contributed by atoms with E-state index in [1.165, 1.54) is 0 Å². The van der Waals surface area contributed by atoms with Crippen LogP contribution in [0.25, 0.3) is 0 Å². The van der Waals surface area contributed by atoms with Crippen molar-refractivity contribution in [3.8, 4) is 5.75 Å². The molecule has 94 valence electrons. The van der Waals surface area contributed by atoms with Gasteiger partial charge < -0.3 is 4.74 Å². The third kappa shape index (κ3) is 3.77. The molecule has 17 heavy (non-hydrogen) atoms. The number of ether oxygens (including phenoxy) is 1. The lowest BCUT2D eigenvalue weighted by atomic mass is 9.94. The number of hydrogen-bond donors (Lipinski definition) is 2. The predicted molar refractivity (Wildman–Crippen MR) is 68.1 cm³/mol. The summed E-state index contributed by atoms with van der Waals surface area (Å²) in [6.07, 6.45) is 0. The van der Waals surface area contributed by atoms with Gasteiger partial charge in [0, 0.05) is 5.02 Å². The summed E-state index contributed by atoms with van der Waals surface area (Å²) in [6, 6.07) is 4.90. The predicted octanol–water partition coefficient (Wildman–Crippen LogP) is 2.39. The summed E-state index contributed by atoms with van der Waals surface area (Å²) in [7, 11) is 0. The topological polar surface area (TPSA) is 64.3 Å². The maximum atomic E-state index is 11.4. The fraction of sp³-hybridized carbons (Fsp3) is 0.364. The van der Waals surface area contributed by atoms with Gasteiger partial charge in [-0.25, -0.2) is 5.84 Å². The number of rotatable bonds is 4. The van der Waals surface area contributed by atoms with E-state index in [-0.39, 0.29) is 12.5 Å². The van der Waals surface area contributed by atoms with Gasteiger partial charge in [0.05, 0.1) is 10.4 Å². The summed E-state index contributed by atoms with van der Waals surface area (Å²) in [6.45, 7) is 3.61. The van der Waals surface area contributed by atoms with Crippen LogP contribution in [0.4, 0.5) is 0 Å². The van der Waals surface area contributed by atoms with Gasteiger partial charge in [-0.15, -0.1) is 0 Å². The van der Waals surface area contributed by atoms with E-state index in [2.05, 4.69) is 5.43 Å². The minimum atomic E-state index is -0.738. The van der Waals surface area contributed by atoms with Gasteiger partial charge >= 0.3 is 0 Å². The second kappa shape index (κ2) is 5.58. The molecule has 0 unspecified atom stereocenters. The van der Waals surface area contributed by atoms with Gasteiger partial charge in [-0.2, -0.15) is 0 Å². The third-order valence-electron chi connectivity index (χ3n) is 2.23. The molecule has 0 saturated carbocycles. The average Bonchev–Trinajstić information content (AvgIpc) is 2.26. The van der Waals surface area contributed by atoms with Crippen molar-refractivity contribution in [3.05, 3.63) is 28.2 Å². The second-order valence-corrected chi connectivity index (χ2v) is 5.06. The molecule has 0 heterocycles. The van der Waals surface area contributed by atoms with Gasteiger partial charge in [0.2, 0.25) is 5.91 Å². The maximum Gasteiger partial charge on any atom is 0.242 e. The molecule has 0 aromatic heterocycles. The Balaban J connectivity index is 2.70. The Labute approximate surface area is 110 Å². The van der Waals surface area contributed by atoms with Gasteiger partial charge in [-0.3, -0.25) is 10.2 Å². The first-order valence-electron chi connectivity index (χ1n) is 4.96. The maximum absolute atomic E-state index is 11.4. The van der Waals surface area contributed by atoms with Crippen molar-refractivity contribution in [1.29, 1.82) is 0 Å². The molecule has 1 aromatic carbocycles. The Morgan fingerprint density at radius 3 is 2.65 bits per heavy atom. The van der Waals surface area contributed by atoms with E-state index < -0.39 is 5.41 Å². The highest BCUT2D eigenvalue weighted by Gasteiger charge is 2.28. The van der Waals surface area contributed by atoms with Crippen LogP contribution >= 0.6 is 23.2 Å². The molecular formula is C11H14Cl2N2O2. The van der Waals surface area contributed by atoms with Gasteiger partial charge in [-0.1, -0.05) is 23.2 Å². The first-order valence-corrected chi connectivity index (χ1v) is 5.71. The minimum Gasteiger partial charge on any atom is -0.491 e. The quantitative estimate of drug-likeness (QED) is 0.504. The molecule has 1 amide bonds. The Morgan fingerprint density at radius 1 is 1.47 bits per heavy atom. The minimum absolute atomic E-state index is 0.164. The number of hydrazine groups is 1. The molecule has 0 aliphatic rings. The molecule has 0 aliphatic heterocycles. The van der Waals surface area contributed by atoms with E-state index in [1.807, 2.05) is 0 Å². The van der Waals surface area contributed by atoms with Crippen LogP contribution in [0.3, 0.4) is 0 Å². The van der Waals surface area contributed by atoms with E-state index in [0.29, 0.717) is 15.8 Å². The SMILES string of the molecule is CC(C)(COc1ccc(Cl)cc1Cl)C(=O)NN. The van der Waals surface area contributed by atoms with Gasteiger partial charge in [0.15, 0.2) is 0 Å². The molecule has 0 fully saturated rings. The number of halogens is 2. The highest BCUT2D eigenvalue weighted by atomic mass is 35.5. The summed E-state index contributed by atoms with van der Waals surface area (Å²) in [5.41, 5.74) is 1.35. The summed E-state index contributed by atoms with van der Waals surface area (Å²) in [5, 5.41) is 0.933. The molecule has 0 bridgehead atoms. The van der Waals surface area contributed by atoms with Crippen molar-refractivity contribution in [2.75, 3.05) is 6.61 Å². The van der Waals surface area contributed by atoms with Crippen LogP contribution in [-0.2, 0) is 4.79 Å². The van der Waals surface area contributed by atoms with Crippen molar-refractivity contribution in [2.24, 2.45) is 11.3 Å². The Bertz CT molecular complexity index is 422. The number of nitrogens with two attached hydrogens (primary N) is 1. The van der Waals surface area contributed by atoms with Gasteiger partial charge in [0.1, 0.15) is 12.4 Å². The van der Waals surface area contributed by atoms with Crippen LogP contribution in [0.2, 0.25) is 10.0 Å². The summed E-state index contributed by atoms with van der Waals surface area (Å²) >= 11 is 11.7. The first-order chi connectivity index (χ1) is 7.86. The molecule has 0 spiro atoms. The molecule has 1 rings (SSSR count). The Kier molecular flexibility index (Phi) is 4.62. The van der Waals surface area contributed by atoms with Crippen molar-refractivity contribution in [2.45, 2.75) is 13.8 Å². The molecule has 4 nitrogen and oxygen atoms in total.